The van der Waals surface area contributed by atoms with E-state index in [1.165, 1.54) is 33.9 Å². The number of aromatic nitrogens is 8. The average Bonchev–Trinajstić information content (AvgIpc) is 3.79. The van der Waals surface area contributed by atoms with E-state index in [0.717, 1.165) is 0 Å². The highest BCUT2D eigenvalue weighted by Gasteiger charge is 2.55. The molecule has 1 saturated heterocycles. The first-order valence-corrected chi connectivity index (χ1v) is 14.5. The number of nitrogens with one attached hydrogen (secondary N) is 2. The lowest BCUT2D eigenvalue weighted by Crippen LogP contribution is -2.39. The number of hydrogen-bond acceptors (Lipinski definition) is 9. The van der Waals surface area contributed by atoms with E-state index >= 15 is 0 Å². The minimum absolute atomic E-state index is 0.0237. The molecular weight excluding hydrogens is 645 g/mol. The van der Waals surface area contributed by atoms with E-state index in [0.29, 0.717) is 11.3 Å². The molecule has 5 heterocycles. The summed E-state index contributed by atoms with van der Waals surface area (Å²) in [5.74, 6) is -5.35. The lowest BCUT2D eigenvalue weighted by Gasteiger charge is -2.33. The number of imidazole rings is 1. The molecule has 252 valence electrons. The third kappa shape index (κ3) is 6.49. The molecule has 0 unspecified atom stereocenters. The second-order valence-corrected chi connectivity index (χ2v) is 12.0. The van der Waals surface area contributed by atoms with E-state index in [1.54, 1.807) is 7.05 Å². The third-order valence-electron chi connectivity index (χ3n) is 8.82. The highest BCUT2D eigenvalue weighted by Crippen LogP contribution is 2.43. The summed E-state index contributed by atoms with van der Waals surface area (Å²) in [6, 6.07) is -1.59. The van der Waals surface area contributed by atoms with Crippen LogP contribution in [0.5, 0.6) is 0 Å². The summed E-state index contributed by atoms with van der Waals surface area (Å²) in [6.45, 7) is 0. The van der Waals surface area contributed by atoms with Gasteiger partial charge in [0.2, 0.25) is 17.5 Å². The van der Waals surface area contributed by atoms with Crippen LogP contribution in [0.4, 0.5) is 30.7 Å². The molecule has 0 bridgehead atoms. The number of alkyl halides is 7. The predicted molar refractivity (Wildman–Crippen MR) is 143 cm³/mol. The second-order valence-electron chi connectivity index (χ2n) is 12.0. The van der Waals surface area contributed by atoms with Crippen LogP contribution in [0.25, 0.3) is 5.65 Å². The Morgan fingerprint density at radius 3 is 2.55 bits per heavy atom. The molecule has 2 amide bonds. The fourth-order valence-corrected chi connectivity index (χ4v) is 6.33. The number of aryl methyl sites for hydroxylation is 1. The number of carbonyl (C=O) groups excluding carboxylic acids is 2. The maximum atomic E-state index is 14.0. The van der Waals surface area contributed by atoms with Crippen LogP contribution in [0.15, 0.2) is 29.3 Å². The number of amides is 2. The number of hydrogen-bond donors (Lipinski definition) is 2. The highest BCUT2D eigenvalue weighted by molar-refractivity contribution is 5.93. The van der Waals surface area contributed by atoms with Crippen molar-refractivity contribution in [2.45, 2.75) is 75.6 Å². The Hall–Kier alpha value is -4.65. The molecule has 0 radical (unpaired) electrons. The molecule has 2 fully saturated rings. The zero-order valence-corrected chi connectivity index (χ0v) is 24.5. The smallest absolute Gasteiger partial charge is 0.344 e. The Labute approximate surface area is 260 Å². The molecule has 20 heteroatoms. The van der Waals surface area contributed by atoms with Crippen molar-refractivity contribution < 1.29 is 45.0 Å². The van der Waals surface area contributed by atoms with Crippen LogP contribution < -0.4 is 10.6 Å². The lowest BCUT2D eigenvalue weighted by atomic mass is 9.75. The minimum Gasteiger partial charge on any atom is -0.344 e. The van der Waals surface area contributed by atoms with E-state index in [4.69, 9.17) is 0 Å². The minimum atomic E-state index is -4.68. The van der Waals surface area contributed by atoms with Crippen molar-refractivity contribution >= 4 is 17.5 Å². The van der Waals surface area contributed by atoms with E-state index in [9.17, 15) is 40.3 Å². The summed E-state index contributed by atoms with van der Waals surface area (Å²) in [5.41, 5.74) is -2.14. The molecular formula is C27H27F7N10O3. The van der Waals surface area contributed by atoms with Crippen LogP contribution in [0.2, 0.25) is 0 Å². The SMILES string of the molecule is Cn1nncc1C[C@]1(Cc2cnn3cc([C@@H](NC(=O)c4nonc4C(F)F)C4CCC(F)(F)CC4)nc3c2)C[C@@H](C(F)(F)F)NC1=O. The van der Waals surface area contributed by atoms with Gasteiger partial charge in [-0.2, -0.15) is 18.3 Å². The Kier molecular flexibility index (Phi) is 8.15. The summed E-state index contributed by atoms with van der Waals surface area (Å²) in [4.78, 5) is 30.7. The quantitative estimate of drug-likeness (QED) is 0.253. The summed E-state index contributed by atoms with van der Waals surface area (Å²) < 4.78 is 103. The van der Waals surface area contributed by atoms with Crippen molar-refractivity contribution in [1.29, 1.82) is 0 Å². The molecule has 1 aliphatic carbocycles. The summed E-state index contributed by atoms with van der Waals surface area (Å²) in [5, 5.41) is 22.8. The van der Waals surface area contributed by atoms with Gasteiger partial charge in [-0.05, 0) is 53.5 Å². The molecule has 13 nitrogen and oxygen atoms in total. The lowest BCUT2D eigenvalue weighted by molar-refractivity contribution is -0.155. The number of carbonyl (C=O) groups is 2. The molecule has 0 spiro atoms. The Balaban J connectivity index is 1.31. The molecule has 1 saturated carbocycles. The molecule has 4 aromatic rings. The maximum Gasteiger partial charge on any atom is 0.408 e. The molecule has 3 atom stereocenters. The topological polar surface area (TPSA) is 158 Å². The van der Waals surface area contributed by atoms with Crippen molar-refractivity contribution in [3.8, 4) is 0 Å². The molecule has 2 N–H and O–H groups in total. The van der Waals surface area contributed by atoms with Crippen LogP contribution in [0.3, 0.4) is 0 Å². The van der Waals surface area contributed by atoms with Gasteiger partial charge in [-0.25, -0.2) is 31.7 Å². The van der Waals surface area contributed by atoms with Crippen molar-refractivity contribution in [2.24, 2.45) is 18.4 Å². The first-order valence-electron chi connectivity index (χ1n) is 14.5. The fraction of sp³-hybridized carbons (Fsp3) is 0.556. The molecule has 4 aromatic heterocycles. The van der Waals surface area contributed by atoms with Gasteiger partial charge < -0.3 is 10.6 Å². The van der Waals surface area contributed by atoms with Gasteiger partial charge in [0.1, 0.15) is 6.04 Å². The van der Waals surface area contributed by atoms with E-state index in [-0.39, 0.29) is 37.0 Å². The zero-order chi connectivity index (χ0) is 33.7. The monoisotopic (exact) mass is 672 g/mol. The number of nitrogens with zero attached hydrogens (tertiary/aromatic N) is 8. The summed E-state index contributed by atoms with van der Waals surface area (Å²) >= 11 is 0. The summed E-state index contributed by atoms with van der Waals surface area (Å²) in [7, 11) is 1.56. The molecule has 6 rings (SSSR count). The van der Waals surface area contributed by atoms with Crippen LogP contribution in [0.1, 0.15) is 77.7 Å². The first kappa shape index (κ1) is 32.3. The predicted octanol–water partition coefficient (Wildman–Crippen LogP) is 3.70. The standard InChI is InChI=1S/C27H27F7N10O3/c1-43-15(11-35-42-43)8-25(9-17(27(32,33)34)38-24(25)46)7-13-6-18-37-16(12-44(18)36-10-13)19(14-2-4-26(30,31)5-3-14)39-23(45)21-20(22(28)29)40-47-41-21/h6,10-12,14,17,19,22H,2-5,7-9H2,1H3,(H,38,46)(H,39,45)/t17-,19-,25+/m0/s1. The third-order valence-corrected chi connectivity index (χ3v) is 8.82. The Morgan fingerprint density at radius 1 is 1.17 bits per heavy atom. The van der Waals surface area contributed by atoms with Crippen molar-refractivity contribution in [3.63, 3.8) is 0 Å². The van der Waals surface area contributed by atoms with Crippen LogP contribution in [-0.2, 0) is 24.7 Å². The van der Waals surface area contributed by atoms with Crippen molar-refractivity contribution in [1.82, 2.24) is 50.5 Å². The number of halogens is 7. The van der Waals surface area contributed by atoms with Gasteiger partial charge in [0.05, 0.1) is 41.4 Å². The van der Waals surface area contributed by atoms with Gasteiger partial charge in [-0.15, -0.1) is 5.10 Å². The Bertz CT molecular complexity index is 1780. The number of rotatable bonds is 9. The maximum absolute atomic E-state index is 14.0. The molecule has 1 aliphatic heterocycles. The van der Waals surface area contributed by atoms with Gasteiger partial charge in [-0.1, -0.05) is 5.21 Å². The Morgan fingerprint density at radius 2 is 1.91 bits per heavy atom. The summed E-state index contributed by atoms with van der Waals surface area (Å²) in [6.07, 6.45) is -5.49. The molecule has 2 aliphatic rings. The largest absolute Gasteiger partial charge is 0.408 e. The van der Waals surface area contributed by atoms with Crippen molar-refractivity contribution in [3.05, 3.63) is 53.0 Å². The van der Waals surface area contributed by atoms with Gasteiger partial charge in [-0.3, -0.25) is 14.3 Å². The average molecular weight is 673 g/mol. The van der Waals surface area contributed by atoms with Gasteiger partial charge >= 0.3 is 6.18 Å². The van der Waals surface area contributed by atoms with E-state index in [2.05, 4.69) is 46.0 Å². The van der Waals surface area contributed by atoms with Crippen LogP contribution in [-0.4, -0.2) is 69.9 Å². The van der Waals surface area contributed by atoms with Gasteiger partial charge in [0.25, 0.3) is 12.3 Å². The van der Waals surface area contributed by atoms with Crippen molar-refractivity contribution in [2.75, 3.05) is 0 Å². The van der Waals surface area contributed by atoms with E-state index in [1.807, 2.05) is 0 Å². The normalized spacial score (nSPS) is 22.6. The molecule has 0 aromatic carbocycles. The van der Waals surface area contributed by atoms with Gasteiger partial charge in [0, 0.05) is 26.3 Å². The van der Waals surface area contributed by atoms with E-state index < -0.39 is 84.4 Å². The van der Waals surface area contributed by atoms with Crippen LogP contribution >= 0.6 is 0 Å². The van der Waals surface area contributed by atoms with Crippen LogP contribution in [0, 0.1) is 11.3 Å². The highest BCUT2D eigenvalue weighted by atomic mass is 19.4. The number of fused-ring (bicyclic) bond motifs is 1. The van der Waals surface area contributed by atoms with Gasteiger partial charge in [0.15, 0.2) is 11.3 Å². The first-order chi connectivity index (χ1) is 22.1. The second kappa shape index (κ2) is 11.9. The molecule has 47 heavy (non-hydrogen) atoms. The zero-order valence-electron chi connectivity index (χ0n) is 24.5. The fourth-order valence-electron chi connectivity index (χ4n) is 6.33.